The Balaban J connectivity index is 1.71. The van der Waals surface area contributed by atoms with E-state index in [1.807, 2.05) is 42.5 Å². The van der Waals surface area contributed by atoms with Crippen molar-refractivity contribution in [2.24, 2.45) is 4.36 Å². The highest BCUT2D eigenvalue weighted by molar-refractivity contribution is 7.92. The van der Waals surface area contributed by atoms with Gasteiger partial charge in [0.2, 0.25) is 0 Å². The van der Waals surface area contributed by atoms with Gasteiger partial charge in [-0.3, -0.25) is 4.79 Å². The Bertz CT molecular complexity index is 1360. The van der Waals surface area contributed by atoms with Gasteiger partial charge in [-0.25, -0.2) is 14.2 Å². The highest BCUT2D eigenvalue weighted by Gasteiger charge is 2.14. The summed E-state index contributed by atoms with van der Waals surface area (Å²) < 4.78 is 17.0. The van der Waals surface area contributed by atoms with Crippen LogP contribution in [-0.4, -0.2) is 26.3 Å². The predicted octanol–water partition coefficient (Wildman–Crippen LogP) is 5.39. The first kappa shape index (κ1) is 20.2. The van der Waals surface area contributed by atoms with Gasteiger partial charge in [-0.1, -0.05) is 72.3 Å². The normalized spacial score (nSPS) is 13.0. The number of halogens is 1. The van der Waals surface area contributed by atoms with E-state index in [2.05, 4.69) is 14.3 Å². The Labute approximate surface area is 180 Å². The first-order valence-corrected chi connectivity index (χ1v) is 11.7. The van der Waals surface area contributed by atoms with Gasteiger partial charge in [-0.15, -0.1) is 0 Å². The molecule has 0 N–H and O–H groups in total. The summed E-state index contributed by atoms with van der Waals surface area (Å²) in [7, 11) is -2.86. The molecule has 3 aromatic carbocycles. The number of carbonyl (C=O) groups excluding carboxylic acids is 1. The zero-order chi connectivity index (χ0) is 21.1. The standard InChI is InChI=1S/C23H18ClN3O2S/c1-30(29,27-23(28)17-9-3-2-4-10-17)15-18-14-21(24)26-22(25-18)20-13-7-11-16-8-5-6-12-19(16)20/h2-14H,15H2,1H3. The molecule has 0 saturated heterocycles. The van der Waals surface area contributed by atoms with Crippen molar-refractivity contribution in [1.82, 2.24) is 9.97 Å². The molecule has 1 amide bonds. The summed E-state index contributed by atoms with van der Waals surface area (Å²) in [6.07, 6.45) is 1.45. The van der Waals surface area contributed by atoms with Gasteiger partial charge in [0.25, 0.3) is 5.91 Å². The number of amides is 1. The number of aromatic nitrogens is 2. The Kier molecular flexibility index (Phi) is 5.61. The Morgan fingerprint density at radius 1 is 0.967 bits per heavy atom. The van der Waals surface area contributed by atoms with E-state index >= 15 is 0 Å². The number of hydrogen-bond acceptors (Lipinski definition) is 4. The number of nitrogens with zero attached hydrogens (tertiary/aromatic N) is 3. The summed E-state index contributed by atoms with van der Waals surface area (Å²) in [5.41, 5.74) is 1.69. The topological polar surface area (TPSA) is 72.3 Å². The van der Waals surface area contributed by atoms with Crippen LogP contribution in [0.25, 0.3) is 22.2 Å². The van der Waals surface area contributed by atoms with Crippen LogP contribution in [0, 0.1) is 0 Å². The van der Waals surface area contributed by atoms with E-state index in [4.69, 9.17) is 11.6 Å². The lowest BCUT2D eigenvalue weighted by Crippen LogP contribution is -2.08. The van der Waals surface area contributed by atoms with Gasteiger partial charge < -0.3 is 0 Å². The lowest BCUT2D eigenvalue weighted by molar-refractivity contribution is 0.100. The fraction of sp³-hybridized carbons (Fsp3) is 0.0870. The third kappa shape index (κ3) is 4.56. The van der Waals surface area contributed by atoms with Crippen LogP contribution in [-0.2, 0) is 15.5 Å². The van der Waals surface area contributed by atoms with E-state index in [-0.39, 0.29) is 10.9 Å². The lowest BCUT2D eigenvalue weighted by atomic mass is 10.0. The fourth-order valence-corrected chi connectivity index (χ4v) is 4.62. The number of benzene rings is 3. The molecule has 0 aliphatic rings. The first-order chi connectivity index (χ1) is 14.4. The zero-order valence-electron chi connectivity index (χ0n) is 16.2. The van der Waals surface area contributed by atoms with Crippen LogP contribution < -0.4 is 0 Å². The van der Waals surface area contributed by atoms with Gasteiger partial charge >= 0.3 is 0 Å². The van der Waals surface area contributed by atoms with E-state index in [0.29, 0.717) is 17.1 Å². The van der Waals surface area contributed by atoms with Gasteiger partial charge in [-0.05, 0) is 29.0 Å². The highest BCUT2D eigenvalue weighted by atomic mass is 35.5. The molecule has 0 aliphatic carbocycles. The van der Waals surface area contributed by atoms with Crippen LogP contribution in [0.1, 0.15) is 16.1 Å². The van der Waals surface area contributed by atoms with Crippen molar-refractivity contribution < 1.29 is 9.00 Å². The third-order valence-electron chi connectivity index (χ3n) is 4.49. The van der Waals surface area contributed by atoms with Gasteiger partial charge in [0.1, 0.15) is 5.15 Å². The zero-order valence-corrected chi connectivity index (χ0v) is 17.7. The second kappa shape index (κ2) is 8.34. The maximum atomic E-state index is 13.0. The van der Waals surface area contributed by atoms with Gasteiger partial charge in [0.05, 0.1) is 21.2 Å². The molecule has 4 rings (SSSR count). The molecule has 0 fully saturated rings. The minimum absolute atomic E-state index is 0.00835. The molecule has 0 saturated carbocycles. The Morgan fingerprint density at radius 2 is 1.67 bits per heavy atom. The number of hydrogen-bond donors (Lipinski definition) is 0. The van der Waals surface area contributed by atoms with E-state index in [0.717, 1.165) is 16.3 Å². The van der Waals surface area contributed by atoms with Crippen molar-refractivity contribution in [3.8, 4) is 11.4 Å². The number of carbonyl (C=O) groups is 1. The smallest absolute Gasteiger partial charge is 0.266 e. The fourth-order valence-electron chi connectivity index (χ4n) is 3.19. The average Bonchev–Trinajstić information content (AvgIpc) is 2.72. The molecule has 0 bridgehead atoms. The molecule has 7 heteroatoms. The summed E-state index contributed by atoms with van der Waals surface area (Å²) in [4.78, 5) is 21.3. The number of rotatable bonds is 4. The largest absolute Gasteiger partial charge is 0.285 e. The molecule has 1 aromatic heterocycles. The van der Waals surface area contributed by atoms with Crippen molar-refractivity contribution in [3.05, 3.63) is 95.3 Å². The molecule has 1 heterocycles. The van der Waals surface area contributed by atoms with E-state index in [9.17, 15) is 9.00 Å². The summed E-state index contributed by atoms with van der Waals surface area (Å²) in [5.74, 6) is -0.0811. The van der Waals surface area contributed by atoms with Crippen molar-refractivity contribution in [2.75, 3.05) is 6.26 Å². The predicted molar refractivity (Wildman–Crippen MR) is 121 cm³/mol. The van der Waals surface area contributed by atoms with Gasteiger partial charge in [0.15, 0.2) is 5.82 Å². The van der Waals surface area contributed by atoms with Gasteiger partial charge in [0, 0.05) is 17.4 Å². The second-order valence-corrected chi connectivity index (χ2v) is 9.68. The molecule has 30 heavy (non-hydrogen) atoms. The van der Waals surface area contributed by atoms with Crippen molar-refractivity contribution >= 4 is 38.0 Å². The minimum atomic E-state index is -2.86. The van der Waals surface area contributed by atoms with Crippen LogP contribution in [0.15, 0.2) is 83.2 Å². The van der Waals surface area contributed by atoms with Crippen LogP contribution in [0.5, 0.6) is 0 Å². The summed E-state index contributed by atoms with van der Waals surface area (Å²) in [6, 6.07) is 23.9. The van der Waals surface area contributed by atoms with E-state index in [1.165, 1.54) is 6.26 Å². The quantitative estimate of drug-likeness (QED) is 0.403. The Morgan fingerprint density at radius 3 is 2.47 bits per heavy atom. The minimum Gasteiger partial charge on any atom is -0.266 e. The van der Waals surface area contributed by atoms with Crippen LogP contribution in [0.3, 0.4) is 0 Å². The second-order valence-electron chi connectivity index (χ2n) is 6.90. The monoisotopic (exact) mass is 435 g/mol. The molecular weight excluding hydrogens is 418 g/mol. The summed E-state index contributed by atoms with van der Waals surface area (Å²) >= 11 is 6.24. The summed E-state index contributed by atoms with van der Waals surface area (Å²) in [5, 5.41) is 2.30. The molecular formula is C23H18ClN3O2S. The van der Waals surface area contributed by atoms with Gasteiger partial charge in [-0.2, -0.15) is 4.36 Å². The van der Waals surface area contributed by atoms with Crippen molar-refractivity contribution in [1.29, 1.82) is 0 Å². The SMILES string of the molecule is CS(=O)(Cc1cc(Cl)nc(-c2cccc3ccccc23)n1)=NC(=O)c1ccccc1. The maximum absolute atomic E-state index is 13.0. The van der Waals surface area contributed by atoms with Crippen LogP contribution >= 0.6 is 11.6 Å². The molecule has 1 unspecified atom stereocenters. The molecule has 5 nitrogen and oxygen atoms in total. The van der Waals surface area contributed by atoms with Crippen molar-refractivity contribution in [3.63, 3.8) is 0 Å². The van der Waals surface area contributed by atoms with E-state index in [1.54, 1.807) is 36.4 Å². The maximum Gasteiger partial charge on any atom is 0.285 e. The number of fused-ring (bicyclic) bond motifs is 1. The lowest BCUT2D eigenvalue weighted by Gasteiger charge is -2.09. The summed E-state index contributed by atoms with van der Waals surface area (Å²) in [6.45, 7) is 0. The highest BCUT2D eigenvalue weighted by Crippen LogP contribution is 2.27. The van der Waals surface area contributed by atoms with Crippen molar-refractivity contribution in [2.45, 2.75) is 5.75 Å². The molecule has 0 spiro atoms. The van der Waals surface area contributed by atoms with Crippen LogP contribution in [0.4, 0.5) is 0 Å². The molecule has 150 valence electrons. The molecule has 0 radical (unpaired) electrons. The average molecular weight is 436 g/mol. The molecule has 4 aromatic rings. The molecule has 0 aliphatic heterocycles. The first-order valence-electron chi connectivity index (χ1n) is 9.22. The third-order valence-corrected chi connectivity index (χ3v) is 6.07. The Hall–Kier alpha value is -3.09. The van der Waals surface area contributed by atoms with Crippen LogP contribution in [0.2, 0.25) is 5.15 Å². The molecule has 1 atom stereocenters. The van der Waals surface area contributed by atoms with E-state index < -0.39 is 15.6 Å².